The summed E-state index contributed by atoms with van der Waals surface area (Å²) in [6.07, 6.45) is 6.84. The Bertz CT molecular complexity index is 527. The minimum Gasteiger partial charge on any atom is -0.261 e. The highest BCUT2D eigenvalue weighted by Gasteiger charge is 2.21. The summed E-state index contributed by atoms with van der Waals surface area (Å²) in [5, 5.41) is 6.20. The lowest BCUT2D eigenvalue weighted by molar-refractivity contribution is 0.479. The van der Waals surface area contributed by atoms with Crippen LogP contribution in [0.25, 0.3) is 10.9 Å². The molecule has 98 valence electrons. The molecule has 0 aliphatic heterocycles. The van der Waals surface area contributed by atoms with Crippen LogP contribution < -0.4 is 0 Å². The van der Waals surface area contributed by atoms with Crippen molar-refractivity contribution in [3.63, 3.8) is 0 Å². The second kappa shape index (κ2) is 5.70. The molecule has 1 fully saturated rings. The molecule has 3 nitrogen and oxygen atoms in total. The van der Waals surface area contributed by atoms with Crippen LogP contribution in [-0.4, -0.2) is 14.8 Å². The number of pyridine rings is 1. The number of nitrogens with zero attached hydrogens (tertiary/aromatic N) is 3. The van der Waals surface area contributed by atoms with E-state index in [9.17, 15) is 0 Å². The van der Waals surface area contributed by atoms with E-state index in [1.807, 2.05) is 26.8 Å². The fourth-order valence-corrected chi connectivity index (χ4v) is 2.93. The Hall–Kier alpha value is -1.09. The SMILES string of the molecule is CC.Cc1nn(C2CCCC2)c2ccnc(Cl)c12. The molecule has 2 heterocycles. The van der Waals surface area contributed by atoms with Crippen molar-refractivity contribution in [3.8, 4) is 0 Å². The molecule has 0 spiro atoms. The maximum Gasteiger partial charge on any atom is 0.140 e. The predicted molar refractivity (Wildman–Crippen MR) is 76.1 cm³/mol. The van der Waals surface area contributed by atoms with Crippen molar-refractivity contribution in [2.24, 2.45) is 0 Å². The summed E-state index contributed by atoms with van der Waals surface area (Å²) < 4.78 is 2.14. The Labute approximate surface area is 113 Å². The molecule has 1 aliphatic carbocycles. The van der Waals surface area contributed by atoms with Gasteiger partial charge in [-0.3, -0.25) is 4.68 Å². The van der Waals surface area contributed by atoms with Crippen LogP contribution in [0.15, 0.2) is 12.3 Å². The van der Waals surface area contributed by atoms with Crippen LogP contribution in [0, 0.1) is 6.92 Å². The maximum absolute atomic E-state index is 6.12. The number of rotatable bonds is 1. The number of fused-ring (bicyclic) bond motifs is 1. The average molecular weight is 266 g/mol. The summed E-state index contributed by atoms with van der Waals surface area (Å²) in [6, 6.07) is 2.56. The van der Waals surface area contributed by atoms with E-state index in [1.54, 1.807) is 6.20 Å². The third-order valence-electron chi connectivity index (χ3n) is 3.42. The van der Waals surface area contributed by atoms with Crippen molar-refractivity contribution < 1.29 is 0 Å². The lowest BCUT2D eigenvalue weighted by Crippen LogP contribution is -2.06. The van der Waals surface area contributed by atoms with Gasteiger partial charge in [0.2, 0.25) is 0 Å². The lowest BCUT2D eigenvalue weighted by Gasteiger charge is -2.10. The van der Waals surface area contributed by atoms with Crippen LogP contribution in [0.5, 0.6) is 0 Å². The molecule has 0 N–H and O–H groups in total. The second-order valence-electron chi connectivity index (χ2n) is 4.46. The second-order valence-corrected chi connectivity index (χ2v) is 4.82. The Morgan fingerprint density at radius 2 is 1.94 bits per heavy atom. The van der Waals surface area contributed by atoms with Crippen molar-refractivity contribution in [1.82, 2.24) is 14.8 Å². The molecule has 0 bridgehead atoms. The van der Waals surface area contributed by atoms with Gasteiger partial charge in [0.25, 0.3) is 0 Å². The van der Waals surface area contributed by atoms with E-state index >= 15 is 0 Å². The summed E-state index contributed by atoms with van der Waals surface area (Å²) in [5.41, 5.74) is 2.12. The standard InChI is InChI=1S/C12H14ClN3.C2H6/c1-8-11-10(6-7-14-12(11)13)16(15-8)9-4-2-3-5-9;1-2/h6-7,9H,2-5H2,1H3;1-2H3. The molecule has 2 aromatic heterocycles. The van der Waals surface area contributed by atoms with Gasteiger partial charge in [0.1, 0.15) is 5.15 Å². The monoisotopic (exact) mass is 265 g/mol. The van der Waals surface area contributed by atoms with E-state index in [1.165, 1.54) is 25.7 Å². The van der Waals surface area contributed by atoms with Crippen LogP contribution in [0.3, 0.4) is 0 Å². The average Bonchev–Trinajstić information content (AvgIpc) is 3.00. The minimum absolute atomic E-state index is 0.551. The topological polar surface area (TPSA) is 30.7 Å². The molecule has 4 heteroatoms. The largest absolute Gasteiger partial charge is 0.261 e. The van der Waals surface area contributed by atoms with Gasteiger partial charge in [0, 0.05) is 6.20 Å². The van der Waals surface area contributed by atoms with Gasteiger partial charge in [-0.2, -0.15) is 5.10 Å². The molecule has 2 aromatic rings. The van der Waals surface area contributed by atoms with Gasteiger partial charge < -0.3 is 0 Å². The van der Waals surface area contributed by atoms with Gasteiger partial charge in [0.15, 0.2) is 0 Å². The number of hydrogen-bond donors (Lipinski definition) is 0. The first-order chi connectivity index (χ1) is 8.77. The van der Waals surface area contributed by atoms with Gasteiger partial charge >= 0.3 is 0 Å². The first kappa shape index (κ1) is 13.3. The van der Waals surface area contributed by atoms with Gasteiger partial charge in [0.05, 0.1) is 22.6 Å². The van der Waals surface area contributed by atoms with E-state index in [4.69, 9.17) is 11.6 Å². The molecular weight excluding hydrogens is 246 g/mol. The van der Waals surface area contributed by atoms with Crippen LogP contribution in [-0.2, 0) is 0 Å². The van der Waals surface area contributed by atoms with E-state index in [0.717, 1.165) is 16.6 Å². The molecule has 1 saturated carbocycles. The zero-order valence-corrected chi connectivity index (χ0v) is 12.0. The van der Waals surface area contributed by atoms with Crippen molar-refractivity contribution in [3.05, 3.63) is 23.1 Å². The maximum atomic E-state index is 6.12. The molecule has 3 rings (SSSR count). The van der Waals surface area contributed by atoms with E-state index < -0.39 is 0 Å². The van der Waals surface area contributed by atoms with Crippen molar-refractivity contribution in [2.45, 2.75) is 52.5 Å². The first-order valence-corrected chi connectivity index (χ1v) is 7.14. The zero-order chi connectivity index (χ0) is 13.1. The fraction of sp³-hybridized carbons (Fsp3) is 0.571. The molecule has 0 radical (unpaired) electrons. The summed E-state index contributed by atoms with van der Waals surface area (Å²) in [6.45, 7) is 6.00. The number of aromatic nitrogens is 3. The fourth-order valence-electron chi connectivity index (χ4n) is 2.65. The van der Waals surface area contributed by atoms with Crippen molar-refractivity contribution >= 4 is 22.5 Å². The Balaban J connectivity index is 0.000000574. The van der Waals surface area contributed by atoms with Crippen LogP contribution in [0.2, 0.25) is 5.15 Å². The smallest absolute Gasteiger partial charge is 0.140 e. The number of hydrogen-bond acceptors (Lipinski definition) is 2. The lowest BCUT2D eigenvalue weighted by atomic mass is 10.2. The van der Waals surface area contributed by atoms with Crippen LogP contribution >= 0.6 is 11.6 Å². The molecule has 18 heavy (non-hydrogen) atoms. The molecular formula is C14H20ClN3. The van der Waals surface area contributed by atoms with E-state index in [-0.39, 0.29) is 0 Å². The van der Waals surface area contributed by atoms with Gasteiger partial charge in [-0.1, -0.05) is 38.3 Å². The van der Waals surface area contributed by atoms with Gasteiger partial charge in [-0.25, -0.2) is 4.98 Å². The molecule has 0 aromatic carbocycles. The summed E-state index contributed by atoms with van der Waals surface area (Å²) in [7, 11) is 0. The third-order valence-corrected chi connectivity index (χ3v) is 3.71. The molecule has 0 amide bonds. The molecule has 0 saturated heterocycles. The highest BCUT2D eigenvalue weighted by atomic mass is 35.5. The summed E-state index contributed by atoms with van der Waals surface area (Å²) in [4.78, 5) is 4.12. The van der Waals surface area contributed by atoms with Gasteiger partial charge in [-0.05, 0) is 25.8 Å². The Morgan fingerprint density at radius 3 is 2.61 bits per heavy atom. The molecule has 0 unspecified atom stereocenters. The van der Waals surface area contributed by atoms with Crippen molar-refractivity contribution in [1.29, 1.82) is 0 Å². The number of aryl methyl sites for hydroxylation is 1. The van der Waals surface area contributed by atoms with E-state index in [2.05, 4.69) is 14.8 Å². The van der Waals surface area contributed by atoms with Gasteiger partial charge in [-0.15, -0.1) is 0 Å². The normalized spacial score (nSPS) is 15.8. The van der Waals surface area contributed by atoms with Crippen LogP contribution in [0.4, 0.5) is 0 Å². The first-order valence-electron chi connectivity index (χ1n) is 6.76. The zero-order valence-electron chi connectivity index (χ0n) is 11.3. The quantitative estimate of drug-likeness (QED) is 0.709. The van der Waals surface area contributed by atoms with E-state index in [0.29, 0.717) is 11.2 Å². The number of halogens is 1. The molecule has 0 atom stereocenters. The summed E-state index contributed by atoms with van der Waals surface area (Å²) >= 11 is 6.12. The molecule has 1 aliphatic rings. The Morgan fingerprint density at radius 1 is 1.28 bits per heavy atom. The van der Waals surface area contributed by atoms with Crippen LogP contribution in [0.1, 0.15) is 51.3 Å². The van der Waals surface area contributed by atoms with Crippen molar-refractivity contribution in [2.75, 3.05) is 0 Å². The summed E-state index contributed by atoms with van der Waals surface area (Å²) in [5.74, 6) is 0. The highest BCUT2D eigenvalue weighted by Crippen LogP contribution is 2.33. The minimum atomic E-state index is 0.551. The highest BCUT2D eigenvalue weighted by molar-refractivity contribution is 6.34. The predicted octanol–water partition coefficient (Wildman–Crippen LogP) is 4.53. The third kappa shape index (κ3) is 2.24. The Kier molecular flexibility index (Phi) is 4.23.